The smallest absolute Gasteiger partial charge is 0.0731 e. The van der Waals surface area contributed by atoms with Crippen LogP contribution in [0.4, 0.5) is 0 Å². The normalized spacial score (nSPS) is 42.1. The van der Waals surface area contributed by atoms with Gasteiger partial charge in [0.2, 0.25) is 0 Å². The van der Waals surface area contributed by atoms with E-state index in [1.807, 2.05) is 0 Å². The Bertz CT molecular complexity index is 342. The van der Waals surface area contributed by atoms with E-state index in [0.717, 1.165) is 19.7 Å². The molecule has 2 aliphatic carbocycles. The van der Waals surface area contributed by atoms with E-state index in [1.54, 1.807) is 0 Å². The van der Waals surface area contributed by atoms with E-state index in [9.17, 15) is 0 Å². The lowest BCUT2D eigenvalue weighted by Crippen LogP contribution is -2.70. The molecule has 3 fully saturated rings. The highest BCUT2D eigenvalue weighted by Crippen LogP contribution is 2.49. The number of rotatable bonds is 2. The zero-order valence-corrected chi connectivity index (χ0v) is 13.4. The van der Waals surface area contributed by atoms with Gasteiger partial charge in [-0.05, 0) is 31.1 Å². The van der Waals surface area contributed by atoms with Crippen LogP contribution in [0.15, 0.2) is 0 Å². The van der Waals surface area contributed by atoms with Crippen LogP contribution in [0.25, 0.3) is 0 Å². The van der Waals surface area contributed by atoms with Crippen LogP contribution in [-0.4, -0.2) is 42.3 Å². The molecule has 3 heteroatoms. The van der Waals surface area contributed by atoms with Gasteiger partial charge in [-0.3, -0.25) is 4.90 Å². The summed E-state index contributed by atoms with van der Waals surface area (Å²) in [5, 5.41) is 0. The summed E-state index contributed by atoms with van der Waals surface area (Å²) in [4.78, 5) is 2.81. The van der Waals surface area contributed by atoms with Crippen LogP contribution in [0.1, 0.15) is 65.2 Å². The maximum absolute atomic E-state index is 6.38. The molecule has 3 unspecified atom stereocenters. The molecule has 20 heavy (non-hydrogen) atoms. The molecule has 3 aliphatic rings. The maximum atomic E-state index is 6.38. The quantitative estimate of drug-likeness (QED) is 0.845. The molecular formula is C17H32N2O. The second-order valence-corrected chi connectivity index (χ2v) is 7.78. The third-order valence-corrected chi connectivity index (χ3v) is 6.52. The molecule has 2 saturated carbocycles. The average molecular weight is 280 g/mol. The second kappa shape index (κ2) is 5.58. The molecule has 0 amide bonds. The van der Waals surface area contributed by atoms with E-state index in [-0.39, 0.29) is 5.54 Å². The van der Waals surface area contributed by atoms with Gasteiger partial charge >= 0.3 is 0 Å². The van der Waals surface area contributed by atoms with Gasteiger partial charge in [0, 0.05) is 24.7 Å². The van der Waals surface area contributed by atoms with Crippen LogP contribution in [0, 0.1) is 5.41 Å². The molecule has 1 heterocycles. The van der Waals surface area contributed by atoms with Crippen molar-refractivity contribution in [3.05, 3.63) is 0 Å². The fourth-order valence-electron chi connectivity index (χ4n) is 5.21. The van der Waals surface area contributed by atoms with Gasteiger partial charge in [-0.2, -0.15) is 0 Å². The van der Waals surface area contributed by atoms with Crippen molar-refractivity contribution in [2.24, 2.45) is 11.1 Å². The molecule has 3 atom stereocenters. The minimum absolute atomic E-state index is 0.204. The third kappa shape index (κ3) is 2.22. The molecule has 0 aromatic rings. The third-order valence-electron chi connectivity index (χ3n) is 6.52. The first-order valence-corrected chi connectivity index (χ1v) is 8.69. The fraction of sp³-hybridized carbons (Fsp3) is 1.00. The van der Waals surface area contributed by atoms with E-state index in [2.05, 4.69) is 18.7 Å². The molecule has 3 nitrogen and oxygen atoms in total. The van der Waals surface area contributed by atoms with Crippen molar-refractivity contribution in [1.82, 2.24) is 4.90 Å². The Morgan fingerprint density at radius 3 is 2.60 bits per heavy atom. The van der Waals surface area contributed by atoms with Crippen molar-refractivity contribution in [1.29, 1.82) is 0 Å². The van der Waals surface area contributed by atoms with E-state index < -0.39 is 0 Å². The van der Waals surface area contributed by atoms with Crippen molar-refractivity contribution in [2.75, 3.05) is 19.7 Å². The molecule has 0 bridgehead atoms. The number of nitrogens with two attached hydrogens (primary N) is 1. The van der Waals surface area contributed by atoms with Gasteiger partial charge in [0.05, 0.1) is 12.7 Å². The van der Waals surface area contributed by atoms with Crippen LogP contribution < -0.4 is 5.73 Å². The monoisotopic (exact) mass is 280 g/mol. The fourth-order valence-corrected chi connectivity index (χ4v) is 5.21. The first-order valence-electron chi connectivity index (χ1n) is 8.69. The van der Waals surface area contributed by atoms with Crippen molar-refractivity contribution < 1.29 is 4.74 Å². The van der Waals surface area contributed by atoms with E-state index in [4.69, 9.17) is 10.5 Å². The summed E-state index contributed by atoms with van der Waals surface area (Å²) in [6.07, 6.45) is 11.0. The Labute approximate surface area is 124 Å². The maximum Gasteiger partial charge on any atom is 0.0731 e. The summed E-state index contributed by atoms with van der Waals surface area (Å²) in [5.41, 5.74) is 6.92. The number of fused-ring (bicyclic) bond motifs is 1. The molecule has 0 aromatic heterocycles. The second-order valence-electron chi connectivity index (χ2n) is 7.78. The van der Waals surface area contributed by atoms with Gasteiger partial charge in [0.15, 0.2) is 0 Å². The summed E-state index contributed by atoms with van der Waals surface area (Å²) in [6.45, 7) is 7.70. The zero-order chi connectivity index (χ0) is 14.2. The lowest BCUT2D eigenvalue weighted by atomic mass is 9.61. The Morgan fingerprint density at radius 2 is 1.85 bits per heavy atom. The number of hydrogen-bond donors (Lipinski definition) is 1. The molecule has 2 N–H and O–H groups in total. The summed E-state index contributed by atoms with van der Waals surface area (Å²) in [5.74, 6) is 0. The van der Waals surface area contributed by atoms with Gasteiger partial charge < -0.3 is 10.5 Å². The lowest BCUT2D eigenvalue weighted by Gasteiger charge is -2.61. The largest absolute Gasteiger partial charge is 0.375 e. The Hall–Kier alpha value is -0.120. The van der Waals surface area contributed by atoms with Crippen molar-refractivity contribution in [2.45, 2.75) is 82.9 Å². The minimum Gasteiger partial charge on any atom is -0.375 e. The van der Waals surface area contributed by atoms with E-state index >= 15 is 0 Å². The van der Waals surface area contributed by atoms with E-state index in [1.165, 1.54) is 51.4 Å². The Balaban J connectivity index is 1.90. The van der Waals surface area contributed by atoms with Crippen molar-refractivity contribution in [3.8, 4) is 0 Å². The molecule has 0 aromatic carbocycles. The summed E-state index contributed by atoms with van der Waals surface area (Å²) in [6, 6.07) is 0.624. The van der Waals surface area contributed by atoms with Crippen LogP contribution in [-0.2, 0) is 4.74 Å². The van der Waals surface area contributed by atoms with Gasteiger partial charge in [0.1, 0.15) is 0 Å². The molecule has 0 spiro atoms. The lowest BCUT2D eigenvalue weighted by molar-refractivity contribution is -0.161. The number of nitrogens with zero attached hydrogens (tertiary/aromatic N) is 1. The van der Waals surface area contributed by atoms with Gasteiger partial charge in [0.25, 0.3) is 0 Å². The van der Waals surface area contributed by atoms with E-state index in [0.29, 0.717) is 17.6 Å². The summed E-state index contributed by atoms with van der Waals surface area (Å²) in [7, 11) is 0. The summed E-state index contributed by atoms with van der Waals surface area (Å²) >= 11 is 0. The molecular weight excluding hydrogens is 248 g/mol. The first-order chi connectivity index (χ1) is 9.61. The van der Waals surface area contributed by atoms with Crippen LogP contribution >= 0.6 is 0 Å². The highest BCUT2D eigenvalue weighted by atomic mass is 16.5. The molecule has 3 rings (SSSR count). The highest BCUT2D eigenvalue weighted by Gasteiger charge is 2.53. The van der Waals surface area contributed by atoms with Gasteiger partial charge in [-0.25, -0.2) is 0 Å². The predicted molar refractivity (Wildman–Crippen MR) is 82.7 cm³/mol. The van der Waals surface area contributed by atoms with Gasteiger partial charge in [-0.1, -0.05) is 39.5 Å². The first kappa shape index (κ1) is 14.8. The van der Waals surface area contributed by atoms with Gasteiger partial charge in [-0.15, -0.1) is 0 Å². The van der Waals surface area contributed by atoms with Crippen LogP contribution in [0.5, 0.6) is 0 Å². The molecule has 1 saturated heterocycles. The molecule has 1 aliphatic heterocycles. The topological polar surface area (TPSA) is 38.5 Å². The number of morpholine rings is 1. The van der Waals surface area contributed by atoms with Crippen molar-refractivity contribution in [3.63, 3.8) is 0 Å². The minimum atomic E-state index is 0.204. The Kier molecular flexibility index (Phi) is 4.13. The van der Waals surface area contributed by atoms with Crippen LogP contribution in [0.2, 0.25) is 0 Å². The summed E-state index contributed by atoms with van der Waals surface area (Å²) < 4.78 is 6.08. The SMILES string of the molecule is CC1(C)CCCCC1(CN)N1CCOC2CCCCC21. The number of hydrogen-bond acceptors (Lipinski definition) is 3. The zero-order valence-electron chi connectivity index (χ0n) is 13.4. The molecule has 0 radical (unpaired) electrons. The van der Waals surface area contributed by atoms with Crippen molar-refractivity contribution >= 4 is 0 Å². The Morgan fingerprint density at radius 1 is 1.10 bits per heavy atom. The highest BCUT2D eigenvalue weighted by molar-refractivity contribution is 5.08. The molecule has 116 valence electrons. The average Bonchev–Trinajstić information content (AvgIpc) is 2.47. The standard InChI is InChI=1S/C17H32N2O/c1-16(2)9-5-6-10-17(16,13-18)19-11-12-20-15-8-4-3-7-14(15)19/h14-15H,3-13,18H2,1-2H3. The number of ether oxygens (including phenoxy) is 1. The van der Waals surface area contributed by atoms with Crippen LogP contribution in [0.3, 0.4) is 0 Å². The predicted octanol–water partition coefficient (Wildman–Crippen LogP) is 2.93.